The van der Waals surface area contributed by atoms with Crippen molar-refractivity contribution >= 4 is 17.4 Å². The molecule has 5 rings (SSSR count). The molecule has 3 aromatic carbocycles. The molecule has 0 bridgehead atoms. The van der Waals surface area contributed by atoms with E-state index in [-0.39, 0.29) is 23.6 Å². The molecule has 0 spiro atoms. The number of aromatic hydroxyl groups is 1. The summed E-state index contributed by atoms with van der Waals surface area (Å²) in [6.07, 6.45) is 3.26. The molecular formula is C31H26N2O5. The van der Waals surface area contributed by atoms with Crippen molar-refractivity contribution in [1.29, 1.82) is 0 Å². The fourth-order valence-electron chi connectivity index (χ4n) is 4.58. The van der Waals surface area contributed by atoms with E-state index in [0.717, 1.165) is 16.7 Å². The van der Waals surface area contributed by atoms with Crippen LogP contribution in [0.5, 0.6) is 11.5 Å². The van der Waals surface area contributed by atoms with E-state index in [2.05, 4.69) is 4.98 Å². The number of hydrogen-bond donors (Lipinski definition) is 2. The quantitative estimate of drug-likeness (QED) is 0.201. The Balaban J connectivity index is 1.51. The third-order valence-corrected chi connectivity index (χ3v) is 6.51. The number of nitrogens with zero attached hydrogens (tertiary/aromatic N) is 2. The molecule has 4 aromatic rings. The standard InChI is InChI=1S/C31H26N2O5/c1-20-16-24(11-14-26(20)38-19-21-6-3-2-4-7-21)29(35)27-28(23-9-12-25(34)13-10-23)33(31(37)30(27)36)18-22-8-5-15-32-17-22/h2-17,28,34-35H,18-19H2,1H3. The normalized spacial score (nSPS) is 16.6. The Hall–Kier alpha value is -4.91. The summed E-state index contributed by atoms with van der Waals surface area (Å²) >= 11 is 0. The largest absolute Gasteiger partial charge is 0.508 e. The smallest absolute Gasteiger partial charge is 0.295 e. The number of aromatic nitrogens is 1. The molecule has 0 aliphatic carbocycles. The second-order valence-corrected chi connectivity index (χ2v) is 9.13. The summed E-state index contributed by atoms with van der Waals surface area (Å²) in [4.78, 5) is 32.0. The lowest BCUT2D eigenvalue weighted by Crippen LogP contribution is -2.29. The zero-order valence-corrected chi connectivity index (χ0v) is 20.7. The van der Waals surface area contributed by atoms with Gasteiger partial charge in [-0.15, -0.1) is 0 Å². The van der Waals surface area contributed by atoms with Crippen molar-refractivity contribution in [2.45, 2.75) is 26.1 Å². The molecule has 190 valence electrons. The number of pyridine rings is 1. The Morgan fingerprint density at radius 3 is 2.37 bits per heavy atom. The summed E-state index contributed by atoms with van der Waals surface area (Å²) in [5.74, 6) is -1.05. The monoisotopic (exact) mass is 506 g/mol. The van der Waals surface area contributed by atoms with Gasteiger partial charge in [-0.2, -0.15) is 0 Å². The van der Waals surface area contributed by atoms with E-state index >= 15 is 0 Å². The lowest BCUT2D eigenvalue weighted by molar-refractivity contribution is -0.140. The summed E-state index contributed by atoms with van der Waals surface area (Å²) < 4.78 is 5.95. The maximum Gasteiger partial charge on any atom is 0.295 e. The maximum absolute atomic E-state index is 13.3. The van der Waals surface area contributed by atoms with Gasteiger partial charge in [0.1, 0.15) is 23.9 Å². The molecule has 7 nitrogen and oxygen atoms in total. The number of carbonyl (C=O) groups is 2. The van der Waals surface area contributed by atoms with E-state index < -0.39 is 17.7 Å². The van der Waals surface area contributed by atoms with Crippen molar-refractivity contribution < 1.29 is 24.5 Å². The molecule has 7 heteroatoms. The fourth-order valence-corrected chi connectivity index (χ4v) is 4.58. The van der Waals surface area contributed by atoms with Gasteiger partial charge in [-0.25, -0.2) is 0 Å². The second kappa shape index (κ2) is 10.6. The van der Waals surface area contributed by atoms with Crippen molar-refractivity contribution in [3.05, 3.63) is 131 Å². The third kappa shape index (κ3) is 4.99. The van der Waals surface area contributed by atoms with Crippen molar-refractivity contribution in [2.75, 3.05) is 0 Å². The minimum absolute atomic E-state index is 0.0121. The van der Waals surface area contributed by atoms with Crippen molar-refractivity contribution in [2.24, 2.45) is 0 Å². The van der Waals surface area contributed by atoms with E-state index in [4.69, 9.17) is 4.74 Å². The maximum atomic E-state index is 13.3. The average Bonchev–Trinajstić information content (AvgIpc) is 3.18. The van der Waals surface area contributed by atoms with Crippen LogP contribution in [0, 0.1) is 6.92 Å². The van der Waals surface area contributed by atoms with Crippen LogP contribution in [-0.4, -0.2) is 31.8 Å². The molecule has 0 saturated carbocycles. The number of phenolic OH excluding ortho intramolecular Hbond substituents is 1. The lowest BCUT2D eigenvalue weighted by atomic mass is 9.94. The topological polar surface area (TPSA) is 100.0 Å². The van der Waals surface area contributed by atoms with E-state index in [1.54, 1.807) is 48.8 Å². The molecule has 1 fully saturated rings. The van der Waals surface area contributed by atoms with E-state index in [0.29, 0.717) is 23.5 Å². The Labute approximate surface area is 220 Å². The molecule has 38 heavy (non-hydrogen) atoms. The molecular weight excluding hydrogens is 480 g/mol. The number of carbonyl (C=O) groups excluding carboxylic acids is 2. The summed E-state index contributed by atoms with van der Waals surface area (Å²) in [5.41, 5.74) is 3.53. The molecule has 1 atom stereocenters. The van der Waals surface area contributed by atoms with E-state index in [1.165, 1.54) is 17.0 Å². The van der Waals surface area contributed by atoms with Gasteiger partial charge in [0.25, 0.3) is 11.7 Å². The first-order valence-electron chi connectivity index (χ1n) is 12.2. The zero-order valence-electron chi connectivity index (χ0n) is 20.7. The molecule has 0 radical (unpaired) electrons. The van der Waals surface area contributed by atoms with Gasteiger partial charge in [0.15, 0.2) is 0 Å². The second-order valence-electron chi connectivity index (χ2n) is 9.13. The minimum Gasteiger partial charge on any atom is -0.508 e. The number of amides is 1. The first-order valence-corrected chi connectivity index (χ1v) is 12.2. The average molecular weight is 507 g/mol. The first kappa shape index (κ1) is 24.8. The summed E-state index contributed by atoms with van der Waals surface area (Å²) in [6, 6.07) is 23.9. The SMILES string of the molecule is Cc1cc(C(O)=C2C(=O)C(=O)N(Cc3cccnc3)C2c2ccc(O)cc2)ccc1OCc1ccccc1. The highest BCUT2D eigenvalue weighted by Crippen LogP contribution is 2.41. The van der Waals surface area contributed by atoms with Gasteiger partial charge in [0, 0.05) is 24.5 Å². The van der Waals surface area contributed by atoms with Crippen LogP contribution in [0.25, 0.3) is 5.76 Å². The highest BCUT2D eigenvalue weighted by atomic mass is 16.5. The van der Waals surface area contributed by atoms with Gasteiger partial charge < -0.3 is 19.8 Å². The summed E-state index contributed by atoms with van der Waals surface area (Å²) in [7, 11) is 0. The van der Waals surface area contributed by atoms with Crippen LogP contribution < -0.4 is 4.74 Å². The highest BCUT2D eigenvalue weighted by Gasteiger charge is 2.46. The van der Waals surface area contributed by atoms with Gasteiger partial charge in [-0.3, -0.25) is 14.6 Å². The van der Waals surface area contributed by atoms with Crippen LogP contribution in [0.3, 0.4) is 0 Å². The van der Waals surface area contributed by atoms with Crippen LogP contribution in [0.4, 0.5) is 0 Å². The van der Waals surface area contributed by atoms with Crippen LogP contribution in [0.15, 0.2) is 103 Å². The number of likely N-dealkylation sites (tertiary alicyclic amines) is 1. The van der Waals surface area contributed by atoms with E-state index in [9.17, 15) is 19.8 Å². The van der Waals surface area contributed by atoms with Gasteiger partial charge in [0.05, 0.1) is 11.6 Å². The Kier molecular flexibility index (Phi) is 6.91. The Morgan fingerprint density at radius 2 is 1.68 bits per heavy atom. The van der Waals surface area contributed by atoms with E-state index in [1.807, 2.05) is 43.3 Å². The number of benzene rings is 3. The van der Waals surface area contributed by atoms with Crippen LogP contribution in [-0.2, 0) is 22.7 Å². The summed E-state index contributed by atoms with van der Waals surface area (Å²) in [5, 5.41) is 21.2. The number of hydrogen-bond acceptors (Lipinski definition) is 6. The molecule has 1 saturated heterocycles. The van der Waals surface area contributed by atoms with Crippen LogP contribution in [0.1, 0.15) is 33.9 Å². The zero-order chi connectivity index (χ0) is 26.6. The van der Waals surface area contributed by atoms with Crippen molar-refractivity contribution in [3.63, 3.8) is 0 Å². The Morgan fingerprint density at radius 1 is 0.947 bits per heavy atom. The number of ketones is 1. The molecule has 1 aliphatic heterocycles. The third-order valence-electron chi connectivity index (χ3n) is 6.51. The predicted octanol–water partition coefficient (Wildman–Crippen LogP) is 5.30. The van der Waals surface area contributed by atoms with Gasteiger partial charge in [-0.1, -0.05) is 48.5 Å². The molecule has 1 aromatic heterocycles. The molecule has 2 heterocycles. The van der Waals surface area contributed by atoms with Crippen LogP contribution >= 0.6 is 0 Å². The fraction of sp³-hybridized carbons (Fsp3) is 0.129. The molecule has 1 amide bonds. The number of aliphatic hydroxyl groups is 1. The van der Waals surface area contributed by atoms with Crippen LogP contribution in [0.2, 0.25) is 0 Å². The lowest BCUT2D eigenvalue weighted by Gasteiger charge is -2.25. The number of Topliss-reactive ketones (excluding diaryl/α,β-unsaturated/α-hetero) is 1. The molecule has 1 unspecified atom stereocenters. The predicted molar refractivity (Wildman–Crippen MR) is 142 cm³/mol. The number of phenols is 1. The number of rotatable bonds is 7. The highest BCUT2D eigenvalue weighted by molar-refractivity contribution is 6.46. The number of aryl methyl sites for hydroxylation is 1. The molecule has 2 N–H and O–H groups in total. The minimum atomic E-state index is -0.842. The van der Waals surface area contributed by atoms with Crippen molar-refractivity contribution in [3.8, 4) is 11.5 Å². The summed E-state index contributed by atoms with van der Waals surface area (Å²) in [6.45, 7) is 2.38. The number of aliphatic hydroxyl groups excluding tert-OH is 1. The first-order chi connectivity index (χ1) is 18.4. The van der Waals surface area contributed by atoms with Crippen molar-refractivity contribution in [1.82, 2.24) is 9.88 Å². The number of ether oxygens (including phenoxy) is 1. The van der Waals surface area contributed by atoms with Gasteiger partial charge in [-0.05, 0) is 65.6 Å². The van der Waals surface area contributed by atoms with Gasteiger partial charge >= 0.3 is 0 Å². The van der Waals surface area contributed by atoms with Gasteiger partial charge in [0.2, 0.25) is 0 Å². The molecule has 1 aliphatic rings. The Bertz CT molecular complexity index is 1500.